The number of likely N-dealkylation sites (N-methyl/N-ethyl adjacent to an activating group) is 7. The van der Waals surface area contributed by atoms with Gasteiger partial charge in [0.05, 0.1) is 24.3 Å². The number of aliphatic hydroxyl groups excluding tert-OH is 2. The van der Waals surface area contributed by atoms with Gasteiger partial charge < -0.3 is 66.0 Å². The van der Waals surface area contributed by atoms with E-state index in [4.69, 9.17) is 0 Å². The lowest BCUT2D eigenvalue weighted by Gasteiger charge is -2.41. The van der Waals surface area contributed by atoms with E-state index >= 15 is 24.0 Å². The zero-order valence-electron chi connectivity index (χ0n) is 62.1. The molecular formula is C69H125N11O14S. The molecule has 10 amide bonds. The van der Waals surface area contributed by atoms with Gasteiger partial charge in [-0.1, -0.05) is 102 Å². The number of allylic oxidation sites excluding steroid dienone is 2. The number of aliphatic hydroxyl groups is 3. The van der Waals surface area contributed by atoms with Crippen LogP contribution in [0.5, 0.6) is 0 Å². The number of unbranched alkanes of at least 4 members (excludes halogenated alkanes) is 2. The monoisotopic (exact) mass is 1360 g/mol. The number of carbonyl (C=O) groups is 11. The second kappa shape index (κ2) is 40.9. The Morgan fingerprint density at radius 1 is 0.537 bits per heavy atom. The van der Waals surface area contributed by atoms with E-state index in [2.05, 4.69) is 21.3 Å². The van der Waals surface area contributed by atoms with Crippen LogP contribution in [-0.4, -0.2) is 267 Å². The highest BCUT2D eigenvalue weighted by Crippen LogP contribution is 2.27. The molecule has 0 unspecified atom stereocenters. The van der Waals surface area contributed by atoms with Gasteiger partial charge in [-0.2, -0.15) is 11.8 Å². The standard InChI is InChI=1S/C69H125N11O14S/c1-25-27-31-45(13)58(83)57-62(87)72-48(26-2)64(89)78(22)53(39-95-33-30-28-29-32-81)54(82)38-74(18)52(37-69(16,17)94)61(86)73-55(43(9)10)67(92)75(19)49(34-40(3)4)60(85)70-46(14)59(84)71-47(15)63(88)76(20)50(35-41(5)6)65(90)77(21)51(36-42(7)8)66(91)79(23)56(44(11)12)68(93)80(57)24/h25,27,40-53,55-58,81,83,94H,26,28-39H2,1-24H3,(H,70,85)(H,71,84)(H,72,87)(H,73,86)/t45-,46+,47-,48+,49+,50+,51+,52+,53+,55+,56+,57+,58-/m1/s1. The zero-order chi connectivity index (χ0) is 73.4. The summed E-state index contributed by atoms with van der Waals surface area (Å²) < 4.78 is 0. The molecule has 0 saturated carbocycles. The molecule has 0 aliphatic carbocycles. The van der Waals surface area contributed by atoms with Crippen molar-refractivity contribution >= 4 is 76.6 Å². The van der Waals surface area contributed by atoms with Crippen molar-refractivity contribution in [2.45, 2.75) is 254 Å². The number of ketones is 1. The molecule has 26 heteroatoms. The van der Waals surface area contributed by atoms with Crippen LogP contribution in [0.15, 0.2) is 12.2 Å². The number of nitrogens with one attached hydrogen (secondary N) is 4. The quantitative estimate of drug-likeness (QED) is 0.0601. The van der Waals surface area contributed by atoms with E-state index < -0.39 is 167 Å². The van der Waals surface area contributed by atoms with Gasteiger partial charge in [0.2, 0.25) is 59.1 Å². The predicted octanol–water partition coefficient (Wildman–Crippen LogP) is 3.69. The second-order valence-corrected chi connectivity index (χ2v) is 30.1. The van der Waals surface area contributed by atoms with Crippen LogP contribution in [0, 0.1) is 35.5 Å². The summed E-state index contributed by atoms with van der Waals surface area (Å²) in [5.41, 5.74) is -1.50. The van der Waals surface area contributed by atoms with Gasteiger partial charge in [0.1, 0.15) is 60.4 Å². The Morgan fingerprint density at radius 3 is 1.49 bits per heavy atom. The SMILES string of the molecule is CC=CC[C@@H](C)[C@@H](O)[C@H]1C(=O)N[C@@H](CC)C(=O)N(C)[C@@H](CSCCCCCO)C(=O)CN(C)[C@@H](CC(C)(C)O)C(=O)N[C@@H](C(C)C)C(=O)N(C)[C@@H](CC(C)C)C(=O)N[C@@H](C)C(=O)N[C@H](C)C(=O)N(C)[C@@H](CC(C)C)C(=O)N(C)[C@@H](CC(C)C)C(=O)N(C)[C@@H](C(C)C)C(=O)N1C. The van der Waals surface area contributed by atoms with E-state index in [-0.39, 0.29) is 68.6 Å². The molecule has 1 heterocycles. The lowest BCUT2D eigenvalue weighted by Crippen LogP contribution is -2.64. The number of hydrogen-bond donors (Lipinski definition) is 7. The molecule has 0 aromatic rings. The first kappa shape index (κ1) is 87.3. The number of nitrogens with zero attached hydrogens (tertiary/aromatic N) is 7. The molecule has 1 aliphatic heterocycles. The maximum absolute atomic E-state index is 15.3. The molecule has 7 N–H and O–H groups in total. The van der Waals surface area contributed by atoms with Crippen molar-refractivity contribution in [2.75, 3.05) is 74.0 Å². The Hall–Kier alpha value is -5.70. The van der Waals surface area contributed by atoms with Crippen LogP contribution in [0.4, 0.5) is 0 Å². The maximum Gasteiger partial charge on any atom is 0.246 e. The van der Waals surface area contributed by atoms with Crippen molar-refractivity contribution in [2.24, 2.45) is 35.5 Å². The lowest BCUT2D eigenvalue weighted by molar-refractivity contribution is -0.157. The van der Waals surface area contributed by atoms with Crippen LogP contribution >= 0.6 is 11.8 Å². The normalized spacial score (nSPS) is 26.6. The fraction of sp³-hybridized carbons (Fsp3) is 0.812. The summed E-state index contributed by atoms with van der Waals surface area (Å²) in [5.74, 6) is -9.22. The average molecular weight is 1360 g/mol. The first-order valence-electron chi connectivity index (χ1n) is 34.2. The summed E-state index contributed by atoms with van der Waals surface area (Å²) in [6.45, 7) is 28.6. The third-order valence-corrected chi connectivity index (χ3v) is 18.9. The summed E-state index contributed by atoms with van der Waals surface area (Å²) in [4.78, 5) is 172. The second-order valence-electron chi connectivity index (χ2n) is 29.0. The smallest absolute Gasteiger partial charge is 0.246 e. The third-order valence-electron chi connectivity index (χ3n) is 17.8. The van der Waals surface area contributed by atoms with E-state index in [9.17, 15) is 44.1 Å². The minimum atomic E-state index is -1.65. The summed E-state index contributed by atoms with van der Waals surface area (Å²) in [6.07, 6.45) is 4.46. The average Bonchev–Trinajstić information content (AvgIpc) is 0.814. The van der Waals surface area contributed by atoms with E-state index in [1.54, 1.807) is 60.6 Å². The van der Waals surface area contributed by atoms with Gasteiger partial charge in [0.15, 0.2) is 5.78 Å². The molecule has 0 aromatic heterocycles. The van der Waals surface area contributed by atoms with E-state index in [0.29, 0.717) is 25.0 Å². The lowest BCUT2D eigenvalue weighted by atomic mass is 9.91. The molecule has 1 rings (SSSR count). The first-order valence-corrected chi connectivity index (χ1v) is 35.4. The predicted molar refractivity (Wildman–Crippen MR) is 372 cm³/mol. The van der Waals surface area contributed by atoms with Gasteiger partial charge in [0, 0.05) is 61.1 Å². The molecule has 95 heavy (non-hydrogen) atoms. The maximum atomic E-state index is 15.3. The minimum absolute atomic E-state index is 0.00586. The molecule has 1 saturated heterocycles. The number of rotatable bonds is 22. The largest absolute Gasteiger partial charge is 0.396 e. The number of carbonyl (C=O) groups excluding carboxylic acids is 11. The topological polar surface area (TPSA) is 319 Å². The Labute approximate surface area is 573 Å². The van der Waals surface area contributed by atoms with Crippen LogP contribution in [0.1, 0.15) is 175 Å². The van der Waals surface area contributed by atoms with E-state index in [0.717, 1.165) is 4.90 Å². The fourth-order valence-corrected chi connectivity index (χ4v) is 13.1. The van der Waals surface area contributed by atoms with Crippen molar-refractivity contribution in [3.8, 4) is 0 Å². The Kier molecular flexibility index (Phi) is 37.6. The molecule has 546 valence electrons. The van der Waals surface area contributed by atoms with Crippen LogP contribution < -0.4 is 21.3 Å². The molecule has 1 aliphatic rings. The van der Waals surface area contributed by atoms with Crippen LogP contribution in [-0.2, 0) is 52.7 Å². The molecule has 1 fully saturated rings. The van der Waals surface area contributed by atoms with E-state index in [1.165, 1.54) is 118 Å². The Bertz CT molecular complexity index is 2560. The third kappa shape index (κ3) is 26.6. The van der Waals surface area contributed by atoms with Gasteiger partial charge in [-0.05, 0) is 128 Å². The highest BCUT2D eigenvalue weighted by atomic mass is 32.2. The molecule has 25 nitrogen and oxygen atoms in total. The number of amides is 10. The summed E-state index contributed by atoms with van der Waals surface area (Å²) in [6, 6.07) is -14.0. The van der Waals surface area contributed by atoms with E-state index in [1.807, 2.05) is 41.5 Å². The molecule has 0 aromatic carbocycles. The minimum Gasteiger partial charge on any atom is -0.396 e. The Balaban J connectivity index is 4.50. The Morgan fingerprint density at radius 2 is 1.01 bits per heavy atom. The first-order chi connectivity index (χ1) is 43.9. The molecule has 0 bridgehead atoms. The zero-order valence-corrected chi connectivity index (χ0v) is 62.9. The van der Waals surface area contributed by atoms with Gasteiger partial charge >= 0.3 is 0 Å². The van der Waals surface area contributed by atoms with Crippen molar-refractivity contribution < 1.29 is 68.1 Å². The number of thioether (sulfide) groups is 1. The van der Waals surface area contributed by atoms with Crippen LogP contribution in [0.25, 0.3) is 0 Å². The van der Waals surface area contributed by atoms with Gasteiger partial charge in [-0.3, -0.25) is 57.6 Å². The van der Waals surface area contributed by atoms with Crippen molar-refractivity contribution in [1.29, 1.82) is 0 Å². The van der Waals surface area contributed by atoms with Gasteiger partial charge in [0.25, 0.3) is 0 Å². The highest BCUT2D eigenvalue weighted by Gasteiger charge is 2.46. The molecular weight excluding hydrogens is 1240 g/mol. The number of Topliss-reactive ketones (excluding diaryl/α,β-unsaturated/α-hetero) is 1. The fourth-order valence-electron chi connectivity index (χ4n) is 11.9. The van der Waals surface area contributed by atoms with Gasteiger partial charge in [-0.15, -0.1) is 0 Å². The van der Waals surface area contributed by atoms with Crippen LogP contribution in [0.2, 0.25) is 0 Å². The molecule has 13 atom stereocenters. The summed E-state index contributed by atoms with van der Waals surface area (Å²) in [5, 5.41) is 44.1. The van der Waals surface area contributed by atoms with Crippen molar-refractivity contribution in [3.05, 3.63) is 12.2 Å². The summed E-state index contributed by atoms with van der Waals surface area (Å²) in [7, 11) is 10.0. The number of hydrogen-bond acceptors (Lipinski definition) is 16. The molecule has 0 spiro atoms. The van der Waals surface area contributed by atoms with Gasteiger partial charge in [-0.25, -0.2) is 0 Å². The molecule has 0 radical (unpaired) electrons. The summed E-state index contributed by atoms with van der Waals surface area (Å²) >= 11 is 1.39. The van der Waals surface area contributed by atoms with Crippen molar-refractivity contribution in [1.82, 2.24) is 55.6 Å². The van der Waals surface area contributed by atoms with Crippen molar-refractivity contribution in [3.63, 3.8) is 0 Å². The van der Waals surface area contributed by atoms with Crippen LogP contribution in [0.3, 0.4) is 0 Å². The highest BCUT2D eigenvalue weighted by molar-refractivity contribution is 7.99.